The summed E-state index contributed by atoms with van der Waals surface area (Å²) in [6, 6.07) is 8.06. The van der Waals surface area contributed by atoms with E-state index in [1.54, 1.807) is 7.11 Å². The largest absolute Gasteiger partial charge is 0.386 e. The fraction of sp³-hybridized carbons (Fsp3) is 0.571. The summed E-state index contributed by atoms with van der Waals surface area (Å²) in [5.41, 5.74) is 2.27. The Hall–Kier alpha value is -0.900. The molecule has 0 radical (unpaired) electrons. The second-order valence-electron chi connectivity index (χ2n) is 4.44. The molecule has 0 saturated heterocycles. The molecular weight excluding hydrogens is 216 g/mol. The molecule has 0 bridgehead atoms. The Balaban J connectivity index is 1.90. The zero-order valence-electron chi connectivity index (χ0n) is 10.3. The molecule has 2 atom stereocenters. The van der Waals surface area contributed by atoms with Crippen LogP contribution in [-0.4, -0.2) is 31.5 Å². The molecule has 0 amide bonds. The minimum atomic E-state index is -0.484. The van der Waals surface area contributed by atoms with E-state index in [2.05, 4.69) is 6.07 Å². The molecule has 0 spiro atoms. The first-order chi connectivity index (χ1) is 8.33. The van der Waals surface area contributed by atoms with Gasteiger partial charge < -0.3 is 14.6 Å². The lowest BCUT2D eigenvalue weighted by atomic mass is 9.87. The second-order valence-corrected chi connectivity index (χ2v) is 4.44. The monoisotopic (exact) mass is 236 g/mol. The Labute approximate surface area is 102 Å². The Kier molecular flexibility index (Phi) is 4.54. The van der Waals surface area contributed by atoms with Crippen molar-refractivity contribution in [3.8, 4) is 0 Å². The molecule has 0 aromatic heterocycles. The van der Waals surface area contributed by atoms with Gasteiger partial charge in [0.1, 0.15) is 6.10 Å². The van der Waals surface area contributed by atoms with Crippen molar-refractivity contribution < 1.29 is 14.6 Å². The topological polar surface area (TPSA) is 38.7 Å². The Morgan fingerprint density at radius 3 is 2.94 bits per heavy atom. The van der Waals surface area contributed by atoms with Crippen LogP contribution < -0.4 is 0 Å². The summed E-state index contributed by atoms with van der Waals surface area (Å²) in [5, 5.41) is 10.2. The molecule has 1 N–H and O–H groups in total. The van der Waals surface area contributed by atoms with Gasteiger partial charge in [-0.3, -0.25) is 0 Å². The summed E-state index contributed by atoms with van der Waals surface area (Å²) in [4.78, 5) is 0. The number of hydrogen-bond donors (Lipinski definition) is 1. The van der Waals surface area contributed by atoms with Gasteiger partial charge in [0, 0.05) is 20.3 Å². The van der Waals surface area contributed by atoms with Gasteiger partial charge >= 0.3 is 0 Å². The third-order valence-electron chi connectivity index (χ3n) is 3.25. The van der Waals surface area contributed by atoms with E-state index in [1.807, 2.05) is 18.2 Å². The molecule has 3 nitrogen and oxygen atoms in total. The molecule has 17 heavy (non-hydrogen) atoms. The van der Waals surface area contributed by atoms with E-state index in [-0.39, 0.29) is 6.10 Å². The van der Waals surface area contributed by atoms with Gasteiger partial charge in [0.25, 0.3) is 0 Å². The fourth-order valence-corrected chi connectivity index (χ4v) is 2.32. The molecule has 1 aliphatic rings. The van der Waals surface area contributed by atoms with Crippen LogP contribution in [0.1, 0.15) is 30.1 Å². The standard InChI is InChI=1S/C14H20O3/c1-16-9-4-10-17-13-8-7-11-5-2-3-6-12(11)14(13)15/h2-3,5-6,13-15H,4,7-10H2,1H3. The van der Waals surface area contributed by atoms with E-state index in [4.69, 9.17) is 9.47 Å². The van der Waals surface area contributed by atoms with Gasteiger partial charge in [-0.15, -0.1) is 0 Å². The molecular formula is C14H20O3. The van der Waals surface area contributed by atoms with Gasteiger partial charge in [-0.25, -0.2) is 0 Å². The van der Waals surface area contributed by atoms with Crippen molar-refractivity contribution in [2.75, 3.05) is 20.3 Å². The normalized spacial score (nSPS) is 23.4. The summed E-state index contributed by atoms with van der Waals surface area (Å²) in [6.45, 7) is 1.36. The first-order valence-corrected chi connectivity index (χ1v) is 6.19. The zero-order valence-corrected chi connectivity index (χ0v) is 10.3. The lowest BCUT2D eigenvalue weighted by Crippen LogP contribution is -2.28. The molecule has 0 fully saturated rings. The smallest absolute Gasteiger partial charge is 0.105 e. The van der Waals surface area contributed by atoms with E-state index >= 15 is 0 Å². The Bertz CT molecular complexity index is 351. The van der Waals surface area contributed by atoms with Crippen LogP contribution in [0.25, 0.3) is 0 Å². The van der Waals surface area contributed by atoms with Crippen LogP contribution >= 0.6 is 0 Å². The maximum absolute atomic E-state index is 10.2. The van der Waals surface area contributed by atoms with Gasteiger partial charge in [0.15, 0.2) is 0 Å². The third-order valence-corrected chi connectivity index (χ3v) is 3.25. The number of benzene rings is 1. The van der Waals surface area contributed by atoms with E-state index in [0.717, 1.165) is 24.8 Å². The molecule has 0 heterocycles. The molecule has 0 aliphatic heterocycles. The summed E-state index contributed by atoms with van der Waals surface area (Å²) in [7, 11) is 1.69. The van der Waals surface area contributed by atoms with Crippen molar-refractivity contribution >= 4 is 0 Å². The number of aliphatic hydroxyl groups excluding tert-OH is 1. The van der Waals surface area contributed by atoms with Crippen LogP contribution in [0.3, 0.4) is 0 Å². The first kappa shape index (κ1) is 12.6. The number of aryl methyl sites for hydroxylation is 1. The highest BCUT2D eigenvalue weighted by Gasteiger charge is 2.27. The molecule has 0 saturated carbocycles. The quantitative estimate of drug-likeness (QED) is 0.796. The van der Waals surface area contributed by atoms with Gasteiger partial charge in [-0.05, 0) is 30.4 Å². The van der Waals surface area contributed by atoms with Gasteiger partial charge in [0.2, 0.25) is 0 Å². The third kappa shape index (κ3) is 3.06. The van der Waals surface area contributed by atoms with E-state index in [0.29, 0.717) is 13.2 Å². The van der Waals surface area contributed by atoms with Crippen molar-refractivity contribution in [1.29, 1.82) is 0 Å². The summed E-state index contributed by atoms with van der Waals surface area (Å²) in [5.74, 6) is 0. The molecule has 2 rings (SSSR count). The molecule has 2 unspecified atom stereocenters. The number of rotatable bonds is 5. The zero-order chi connectivity index (χ0) is 12.1. The summed E-state index contributed by atoms with van der Waals surface area (Å²) < 4.78 is 10.7. The highest BCUT2D eigenvalue weighted by molar-refractivity contribution is 5.32. The van der Waals surface area contributed by atoms with Crippen LogP contribution in [0.2, 0.25) is 0 Å². The van der Waals surface area contributed by atoms with Gasteiger partial charge in [0.05, 0.1) is 6.10 Å². The molecule has 1 aromatic carbocycles. The number of aliphatic hydroxyl groups is 1. The highest BCUT2D eigenvalue weighted by Crippen LogP contribution is 2.31. The predicted octanol–water partition coefficient (Wildman–Crippen LogP) is 2.09. The Morgan fingerprint density at radius 2 is 2.12 bits per heavy atom. The maximum Gasteiger partial charge on any atom is 0.105 e. The van der Waals surface area contributed by atoms with Crippen LogP contribution in [0.15, 0.2) is 24.3 Å². The SMILES string of the molecule is COCCCOC1CCc2ccccc2C1O. The Morgan fingerprint density at radius 1 is 1.29 bits per heavy atom. The summed E-state index contributed by atoms with van der Waals surface area (Å²) in [6.07, 6.45) is 2.21. The van der Waals surface area contributed by atoms with Crippen molar-refractivity contribution in [3.05, 3.63) is 35.4 Å². The molecule has 3 heteroatoms. The molecule has 1 aliphatic carbocycles. The maximum atomic E-state index is 10.2. The van der Waals surface area contributed by atoms with E-state index in [9.17, 15) is 5.11 Å². The minimum absolute atomic E-state index is 0.0678. The first-order valence-electron chi connectivity index (χ1n) is 6.19. The van der Waals surface area contributed by atoms with Crippen LogP contribution in [0.5, 0.6) is 0 Å². The number of hydrogen-bond acceptors (Lipinski definition) is 3. The van der Waals surface area contributed by atoms with Crippen molar-refractivity contribution in [3.63, 3.8) is 0 Å². The van der Waals surface area contributed by atoms with Crippen molar-refractivity contribution in [2.45, 2.75) is 31.5 Å². The van der Waals surface area contributed by atoms with Crippen molar-refractivity contribution in [1.82, 2.24) is 0 Å². The molecule has 94 valence electrons. The lowest BCUT2D eigenvalue weighted by Gasteiger charge is -2.30. The summed E-state index contributed by atoms with van der Waals surface area (Å²) >= 11 is 0. The highest BCUT2D eigenvalue weighted by atomic mass is 16.5. The average Bonchev–Trinajstić information content (AvgIpc) is 2.37. The van der Waals surface area contributed by atoms with Crippen molar-refractivity contribution in [2.24, 2.45) is 0 Å². The van der Waals surface area contributed by atoms with Crippen LogP contribution in [-0.2, 0) is 15.9 Å². The number of methoxy groups -OCH3 is 1. The van der Waals surface area contributed by atoms with Gasteiger partial charge in [-0.1, -0.05) is 24.3 Å². The number of fused-ring (bicyclic) bond motifs is 1. The second kappa shape index (κ2) is 6.15. The van der Waals surface area contributed by atoms with E-state index < -0.39 is 6.10 Å². The van der Waals surface area contributed by atoms with Crippen LogP contribution in [0, 0.1) is 0 Å². The fourth-order valence-electron chi connectivity index (χ4n) is 2.32. The lowest BCUT2D eigenvalue weighted by molar-refractivity contribution is -0.0523. The van der Waals surface area contributed by atoms with Gasteiger partial charge in [-0.2, -0.15) is 0 Å². The minimum Gasteiger partial charge on any atom is -0.386 e. The molecule has 1 aromatic rings. The van der Waals surface area contributed by atoms with E-state index in [1.165, 1.54) is 5.56 Å². The predicted molar refractivity (Wildman–Crippen MR) is 66.0 cm³/mol. The average molecular weight is 236 g/mol. The number of ether oxygens (including phenoxy) is 2. The van der Waals surface area contributed by atoms with Crippen LogP contribution in [0.4, 0.5) is 0 Å².